The number of nitrogens with zero attached hydrogens (tertiary/aromatic N) is 2. The van der Waals surface area contributed by atoms with Crippen molar-refractivity contribution in [3.63, 3.8) is 0 Å². The lowest BCUT2D eigenvalue weighted by atomic mass is 9.97. The normalized spacial score (nSPS) is 16.0. The lowest BCUT2D eigenvalue weighted by molar-refractivity contribution is 0.0185. The van der Waals surface area contributed by atoms with Gasteiger partial charge >= 0.3 is 6.09 Å². The number of ether oxygens (including phenoxy) is 1. The van der Waals surface area contributed by atoms with Gasteiger partial charge in [-0.15, -0.1) is 0 Å². The molecular formula is C19H27N3O4S. The van der Waals surface area contributed by atoms with Crippen LogP contribution in [0.3, 0.4) is 0 Å². The van der Waals surface area contributed by atoms with Crippen molar-refractivity contribution in [2.24, 2.45) is 5.92 Å². The highest BCUT2D eigenvalue weighted by Crippen LogP contribution is 2.20. The molecule has 1 N–H and O–H groups in total. The first kappa shape index (κ1) is 21.2. The van der Waals surface area contributed by atoms with Crippen molar-refractivity contribution in [2.45, 2.75) is 45.0 Å². The molecule has 0 spiro atoms. The van der Waals surface area contributed by atoms with Crippen LogP contribution in [0.4, 0.5) is 4.79 Å². The van der Waals surface area contributed by atoms with E-state index in [9.17, 15) is 13.2 Å². The van der Waals surface area contributed by atoms with Crippen molar-refractivity contribution >= 4 is 16.1 Å². The molecule has 1 fully saturated rings. The summed E-state index contributed by atoms with van der Waals surface area (Å²) < 4.78 is 32.7. The fourth-order valence-corrected chi connectivity index (χ4v) is 4.15. The quantitative estimate of drug-likeness (QED) is 0.829. The van der Waals surface area contributed by atoms with Crippen LogP contribution in [0.1, 0.15) is 44.7 Å². The minimum Gasteiger partial charge on any atom is -0.444 e. The Balaban J connectivity index is 1.82. The van der Waals surface area contributed by atoms with Crippen LogP contribution in [0.25, 0.3) is 0 Å². The fourth-order valence-electron chi connectivity index (χ4n) is 2.90. The van der Waals surface area contributed by atoms with Gasteiger partial charge in [-0.05, 0) is 51.2 Å². The second kappa shape index (κ2) is 8.72. The summed E-state index contributed by atoms with van der Waals surface area (Å²) in [5, 5.41) is 9.08. The first-order valence-electron chi connectivity index (χ1n) is 9.03. The van der Waals surface area contributed by atoms with Gasteiger partial charge in [0, 0.05) is 19.6 Å². The smallest absolute Gasteiger partial charge is 0.410 e. The van der Waals surface area contributed by atoms with Crippen LogP contribution in [0, 0.1) is 17.2 Å². The molecule has 1 amide bonds. The molecule has 0 aliphatic carbocycles. The molecule has 1 aromatic rings. The van der Waals surface area contributed by atoms with Crippen molar-refractivity contribution < 1.29 is 17.9 Å². The highest BCUT2D eigenvalue weighted by molar-refractivity contribution is 7.88. The van der Waals surface area contributed by atoms with E-state index in [0.717, 1.165) is 12.8 Å². The maximum absolute atomic E-state index is 12.3. The number of likely N-dealkylation sites (tertiary alicyclic amines) is 1. The van der Waals surface area contributed by atoms with E-state index in [4.69, 9.17) is 10.00 Å². The van der Waals surface area contributed by atoms with Crippen molar-refractivity contribution in [3.8, 4) is 6.07 Å². The molecule has 0 unspecified atom stereocenters. The van der Waals surface area contributed by atoms with Gasteiger partial charge in [0.15, 0.2) is 0 Å². The molecule has 1 heterocycles. The molecule has 8 heteroatoms. The van der Waals surface area contributed by atoms with Gasteiger partial charge in [-0.25, -0.2) is 17.9 Å². The van der Waals surface area contributed by atoms with Crippen molar-refractivity contribution in [1.82, 2.24) is 9.62 Å². The van der Waals surface area contributed by atoms with E-state index in [-0.39, 0.29) is 17.8 Å². The SMILES string of the molecule is CC(C)(C)OC(=O)N1CCC(CNS(=O)(=O)Cc2ccccc2C#N)CC1. The summed E-state index contributed by atoms with van der Waals surface area (Å²) in [5.41, 5.74) is 0.337. The van der Waals surface area contributed by atoms with Crippen LogP contribution < -0.4 is 4.72 Å². The summed E-state index contributed by atoms with van der Waals surface area (Å²) in [5.74, 6) is -0.0438. The Hall–Kier alpha value is -2.11. The standard InChI is InChI=1S/C19H27N3O4S/c1-19(2,3)26-18(23)22-10-8-15(9-11-22)13-21-27(24,25)14-17-7-5-4-6-16(17)12-20/h4-7,15,21H,8-11,13-14H2,1-3H3. The van der Waals surface area contributed by atoms with E-state index in [2.05, 4.69) is 4.72 Å². The molecule has 1 aromatic carbocycles. The summed E-state index contributed by atoms with van der Waals surface area (Å²) >= 11 is 0. The molecule has 0 radical (unpaired) electrons. The van der Waals surface area contributed by atoms with Gasteiger partial charge in [0.2, 0.25) is 10.0 Å². The van der Waals surface area contributed by atoms with E-state index >= 15 is 0 Å². The molecule has 1 aliphatic rings. The van der Waals surface area contributed by atoms with E-state index < -0.39 is 15.6 Å². The van der Waals surface area contributed by atoms with Crippen LogP contribution in [-0.4, -0.2) is 44.6 Å². The average molecular weight is 394 g/mol. The molecule has 0 atom stereocenters. The third kappa shape index (κ3) is 6.85. The van der Waals surface area contributed by atoms with Gasteiger partial charge in [-0.2, -0.15) is 5.26 Å². The number of sulfonamides is 1. The molecule has 1 aliphatic heterocycles. The molecule has 7 nitrogen and oxygen atoms in total. The lowest BCUT2D eigenvalue weighted by Gasteiger charge is -2.33. The Bertz CT molecular complexity index is 801. The summed E-state index contributed by atoms with van der Waals surface area (Å²) in [4.78, 5) is 13.7. The number of carbonyl (C=O) groups excluding carboxylic acids is 1. The Labute approximate surface area is 161 Å². The van der Waals surface area contributed by atoms with Crippen LogP contribution in [0.15, 0.2) is 24.3 Å². The number of piperidine rings is 1. The number of rotatable bonds is 5. The number of amides is 1. The Morgan fingerprint density at radius 2 is 1.93 bits per heavy atom. The first-order chi connectivity index (χ1) is 12.6. The summed E-state index contributed by atoms with van der Waals surface area (Å²) in [6, 6.07) is 8.70. The van der Waals surface area contributed by atoms with Gasteiger partial charge in [0.05, 0.1) is 17.4 Å². The molecular weight excluding hydrogens is 366 g/mol. The van der Waals surface area contributed by atoms with Gasteiger partial charge < -0.3 is 9.64 Å². The molecule has 0 saturated carbocycles. The maximum atomic E-state index is 12.3. The largest absolute Gasteiger partial charge is 0.444 e. The van der Waals surface area contributed by atoms with Crippen LogP contribution in [0.2, 0.25) is 0 Å². The van der Waals surface area contributed by atoms with Crippen molar-refractivity contribution in [1.29, 1.82) is 5.26 Å². The minimum atomic E-state index is -3.53. The Kier molecular flexibility index (Phi) is 6.84. The summed E-state index contributed by atoms with van der Waals surface area (Å²) in [7, 11) is -3.53. The van der Waals surface area contributed by atoms with E-state index in [1.54, 1.807) is 29.2 Å². The fraction of sp³-hybridized carbons (Fsp3) is 0.579. The van der Waals surface area contributed by atoms with Gasteiger partial charge in [0.25, 0.3) is 0 Å². The van der Waals surface area contributed by atoms with Gasteiger partial charge in [-0.3, -0.25) is 0 Å². The molecule has 0 bridgehead atoms. The second-order valence-corrected chi connectivity index (χ2v) is 9.59. The molecule has 148 valence electrons. The highest BCUT2D eigenvalue weighted by Gasteiger charge is 2.27. The third-order valence-corrected chi connectivity index (χ3v) is 5.64. The predicted octanol–water partition coefficient (Wildman–Crippen LogP) is 2.62. The lowest BCUT2D eigenvalue weighted by Crippen LogP contribution is -2.43. The summed E-state index contributed by atoms with van der Waals surface area (Å²) in [6.45, 7) is 6.93. The number of nitrogens with one attached hydrogen (secondary N) is 1. The third-order valence-electron chi connectivity index (χ3n) is 4.34. The maximum Gasteiger partial charge on any atom is 0.410 e. The Morgan fingerprint density at radius 1 is 1.30 bits per heavy atom. The second-order valence-electron chi connectivity index (χ2n) is 7.79. The Morgan fingerprint density at radius 3 is 2.52 bits per heavy atom. The number of hydrogen-bond acceptors (Lipinski definition) is 5. The van der Waals surface area contributed by atoms with E-state index in [1.807, 2.05) is 26.8 Å². The number of hydrogen-bond donors (Lipinski definition) is 1. The topological polar surface area (TPSA) is 99.5 Å². The van der Waals surface area contributed by atoms with Gasteiger partial charge in [-0.1, -0.05) is 18.2 Å². The van der Waals surface area contributed by atoms with Crippen LogP contribution in [0.5, 0.6) is 0 Å². The minimum absolute atomic E-state index is 0.171. The highest BCUT2D eigenvalue weighted by atomic mass is 32.2. The van der Waals surface area contributed by atoms with E-state index in [0.29, 0.717) is 30.8 Å². The monoisotopic (exact) mass is 393 g/mol. The number of benzene rings is 1. The predicted molar refractivity (Wildman–Crippen MR) is 102 cm³/mol. The average Bonchev–Trinajstić information content (AvgIpc) is 2.59. The zero-order chi connectivity index (χ0) is 20.1. The van der Waals surface area contributed by atoms with Crippen molar-refractivity contribution in [2.75, 3.05) is 19.6 Å². The van der Waals surface area contributed by atoms with Crippen LogP contribution in [-0.2, 0) is 20.5 Å². The van der Waals surface area contributed by atoms with Crippen molar-refractivity contribution in [3.05, 3.63) is 35.4 Å². The van der Waals surface area contributed by atoms with Crippen LogP contribution >= 0.6 is 0 Å². The number of carbonyl (C=O) groups is 1. The van der Waals surface area contributed by atoms with E-state index in [1.165, 1.54) is 0 Å². The summed E-state index contributed by atoms with van der Waals surface area (Å²) in [6.07, 6.45) is 1.11. The molecule has 0 aromatic heterocycles. The number of nitriles is 1. The first-order valence-corrected chi connectivity index (χ1v) is 10.7. The zero-order valence-electron chi connectivity index (χ0n) is 16.1. The molecule has 2 rings (SSSR count). The molecule has 27 heavy (non-hydrogen) atoms. The zero-order valence-corrected chi connectivity index (χ0v) is 16.9. The molecule has 1 saturated heterocycles. The van der Waals surface area contributed by atoms with Gasteiger partial charge in [0.1, 0.15) is 5.60 Å².